The molecule has 1 saturated heterocycles. The summed E-state index contributed by atoms with van der Waals surface area (Å²) in [5.74, 6) is -4.69. The van der Waals surface area contributed by atoms with E-state index >= 15 is 0 Å². The average molecular weight is 739 g/mol. The van der Waals surface area contributed by atoms with Crippen molar-refractivity contribution < 1.29 is 37.0 Å². The van der Waals surface area contributed by atoms with E-state index in [4.69, 9.17) is 21.1 Å². The van der Waals surface area contributed by atoms with Gasteiger partial charge in [-0.2, -0.15) is 4.39 Å². The van der Waals surface area contributed by atoms with E-state index in [2.05, 4.69) is 10.6 Å². The highest BCUT2D eigenvalue weighted by molar-refractivity contribution is 6.31. The number of nitrogens with zero attached hydrogens (tertiary/aromatic N) is 2. The molecule has 3 aliphatic rings. The van der Waals surface area contributed by atoms with Crippen LogP contribution in [-0.2, 0) is 27.3 Å². The Morgan fingerprint density at radius 1 is 1.00 bits per heavy atom. The zero-order valence-corrected chi connectivity index (χ0v) is 29.7. The number of aryl methyl sites for hydroxylation is 1. The van der Waals surface area contributed by atoms with Gasteiger partial charge in [0, 0.05) is 48.9 Å². The summed E-state index contributed by atoms with van der Waals surface area (Å²) in [6, 6.07) is 16.1. The number of halogens is 4. The number of urea groups is 1. The van der Waals surface area contributed by atoms with Crippen LogP contribution in [0, 0.1) is 17.5 Å². The fourth-order valence-corrected chi connectivity index (χ4v) is 7.03. The van der Waals surface area contributed by atoms with Gasteiger partial charge in [-0.25, -0.2) is 13.6 Å². The zero-order chi connectivity index (χ0) is 36.8. The molecule has 3 aromatic rings. The second kappa shape index (κ2) is 16.9. The Hall–Kier alpha value is -4.55. The third kappa shape index (κ3) is 8.90. The Morgan fingerprint density at radius 3 is 2.48 bits per heavy atom. The molecule has 3 amide bonds. The Labute approximate surface area is 306 Å². The minimum atomic E-state index is -1.35. The molecule has 2 aliphatic heterocycles. The molecule has 2 bridgehead atoms. The maximum Gasteiger partial charge on any atom is 0.317 e. The SMILES string of the molecule is CCOC(=O)CCNC(=O)N1C[C@H]2CC(c3ccc(CCCOc4c(F)ccc(F)c4F)cc3)=C(C(=O)N(Cc3ccccc3Cl)C3CC3)[C@@H](C1)N2. The maximum atomic E-state index is 14.7. The first-order valence-electron chi connectivity index (χ1n) is 17.7. The number of hydrogen-bond donors (Lipinski definition) is 2. The highest BCUT2D eigenvalue weighted by atomic mass is 35.5. The molecule has 0 unspecified atom stereocenters. The summed E-state index contributed by atoms with van der Waals surface area (Å²) in [5.41, 5.74) is 4.23. The fraction of sp³-hybridized carbons (Fsp3) is 0.410. The molecule has 2 heterocycles. The minimum absolute atomic E-state index is 0.00673. The van der Waals surface area contributed by atoms with Crippen LogP contribution < -0.4 is 15.4 Å². The zero-order valence-electron chi connectivity index (χ0n) is 28.9. The van der Waals surface area contributed by atoms with Crippen LogP contribution in [0.5, 0.6) is 5.75 Å². The van der Waals surface area contributed by atoms with E-state index in [-0.39, 0.29) is 62.7 Å². The normalized spacial score (nSPS) is 18.2. The minimum Gasteiger partial charge on any atom is -0.488 e. The largest absolute Gasteiger partial charge is 0.488 e. The van der Waals surface area contributed by atoms with Crippen molar-refractivity contribution in [2.75, 3.05) is 32.8 Å². The number of rotatable bonds is 14. The van der Waals surface area contributed by atoms with Gasteiger partial charge in [0.1, 0.15) is 0 Å². The van der Waals surface area contributed by atoms with Gasteiger partial charge >= 0.3 is 12.0 Å². The lowest BCUT2D eigenvalue weighted by molar-refractivity contribution is -0.142. The highest BCUT2D eigenvalue weighted by Gasteiger charge is 2.43. The van der Waals surface area contributed by atoms with Crippen molar-refractivity contribution in [2.24, 2.45) is 0 Å². The van der Waals surface area contributed by atoms with Crippen LogP contribution in [0.4, 0.5) is 18.0 Å². The van der Waals surface area contributed by atoms with Crippen LogP contribution in [0.3, 0.4) is 0 Å². The summed E-state index contributed by atoms with van der Waals surface area (Å²) in [6.45, 7) is 3.19. The number of carbonyl (C=O) groups is 3. The molecule has 2 atom stereocenters. The molecule has 2 N–H and O–H groups in total. The number of esters is 1. The molecule has 0 radical (unpaired) electrons. The molecule has 0 spiro atoms. The molecule has 0 aromatic heterocycles. The van der Waals surface area contributed by atoms with Crippen LogP contribution >= 0.6 is 11.6 Å². The standard InChI is InChI=1S/C39H42ClF3N4O5/c1-2-51-34(48)17-18-44-39(50)46-22-27-20-29(25-11-9-24(10-12-25)6-5-19-52-37-32(42)16-15-31(41)36(37)43)35(33(23-46)45-27)38(49)47(28-13-14-28)21-26-7-3-4-8-30(26)40/h3-4,7-12,15-16,27-28,33,45H,2,5-6,13-14,17-23H2,1H3,(H,44,50)/t27-,33-/m1/s1. The van der Waals surface area contributed by atoms with E-state index in [1.165, 1.54) is 0 Å². The molecule has 3 aromatic carbocycles. The molecule has 2 fully saturated rings. The fourth-order valence-electron chi connectivity index (χ4n) is 6.83. The lowest BCUT2D eigenvalue weighted by atomic mass is 9.82. The van der Waals surface area contributed by atoms with E-state index < -0.39 is 29.2 Å². The van der Waals surface area contributed by atoms with Crippen molar-refractivity contribution >= 4 is 35.1 Å². The van der Waals surface area contributed by atoms with E-state index in [1.54, 1.807) is 11.8 Å². The molecule has 6 rings (SSSR count). The highest BCUT2D eigenvalue weighted by Crippen LogP contribution is 2.38. The summed E-state index contributed by atoms with van der Waals surface area (Å²) in [7, 11) is 0. The van der Waals surface area contributed by atoms with Gasteiger partial charge in [0.05, 0.1) is 25.7 Å². The Bertz CT molecular complexity index is 1820. The number of benzene rings is 3. The van der Waals surface area contributed by atoms with Gasteiger partial charge in [0.15, 0.2) is 17.4 Å². The molecule has 13 heteroatoms. The van der Waals surface area contributed by atoms with Crippen LogP contribution in [-0.4, -0.2) is 78.7 Å². The summed E-state index contributed by atoms with van der Waals surface area (Å²) in [6.07, 6.45) is 3.34. The molecule has 1 saturated carbocycles. The predicted octanol–water partition coefficient (Wildman–Crippen LogP) is 6.42. The van der Waals surface area contributed by atoms with Gasteiger partial charge in [0.2, 0.25) is 5.82 Å². The quantitative estimate of drug-likeness (QED) is 0.113. The first-order chi connectivity index (χ1) is 25.1. The summed E-state index contributed by atoms with van der Waals surface area (Å²) in [4.78, 5) is 43.4. The number of amides is 3. The van der Waals surface area contributed by atoms with Crippen molar-refractivity contribution in [1.29, 1.82) is 0 Å². The van der Waals surface area contributed by atoms with Crippen molar-refractivity contribution in [3.05, 3.63) is 105 Å². The molecular weight excluding hydrogens is 697 g/mol. The third-order valence-corrected chi connectivity index (χ3v) is 9.91. The number of fused-ring (bicyclic) bond motifs is 2. The van der Waals surface area contributed by atoms with Crippen molar-refractivity contribution in [1.82, 2.24) is 20.4 Å². The topological polar surface area (TPSA) is 100 Å². The number of carbonyl (C=O) groups excluding carboxylic acids is 3. The van der Waals surface area contributed by atoms with Crippen LogP contribution in [0.2, 0.25) is 5.02 Å². The van der Waals surface area contributed by atoms with E-state index in [0.717, 1.165) is 47.2 Å². The summed E-state index contributed by atoms with van der Waals surface area (Å²) < 4.78 is 51.6. The first-order valence-corrected chi connectivity index (χ1v) is 18.1. The van der Waals surface area contributed by atoms with E-state index in [0.29, 0.717) is 42.9 Å². The van der Waals surface area contributed by atoms with Gasteiger partial charge in [-0.3, -0.25) is 9.59 Å². The van der Waals surface area contributed by atoms with Crippen LogP contribution in [0.25, 0.3) is 5.57 Å². The number of ether oxygens (including phenoxy) is 2. The Morgan fingerprint density at radius 2 is 1.75 bits per heavy atom. The van der Waals surface area contributed by atoms with Crippen molar-refractivity contribution in [3.8, 4) is 5.75 Å². The molecular formula is C39H42ClF3N4O5. The maximum absolute atomic E-state index is 14.7. The lowest BCUT2D eigenvalue weighted by Gasteiger charge is -2.45. The lowest BCUT2D eigenvalue weighted by Crippen LogP contribution is -2.63. The van der Waals surface area contributed by atoms with E-state index in [1.807, 2.05) is 53.4 Å². The third-order valence-electron chi connectivity index (χ3n) is 9.54. The second-order valence-electron chi connectivity index (χ2n) is 13.3. The number of nitrogens with one attached hydrogen (secondary N) is 2. The van der Waals surface area contributed by atoms with Crippen molar-refractivity contribution in [2.45, 2.75) is 70.1 Å². The number of hydrogen-bond acceptors (Lipinski definition) is 6. The van der Waals surface area contributed by atoms with Crippen LogP contribution in [0.15, 0.2) is 66.2 Å². The summed E-state index contributed by atoms with van der Waals surface area (Å²) >= 11 is 6.54. The van der Waals surface area contributed by atoms with Crippen molar-refractivity contribution in [3.63, 3.8) is 0 Å². The Balaban J connectivity index is 1.21. The van der Waals surface area contributed by atoms with Gasteiger partial charge in [-0.1, -0.05) is 54.1 Å². The van der Waals surface area contributed by atoms with Crippen LogP contribution in [0.1, 0.15) is 55.7 Å². The molecule has 276 valence electrons. The summed E-state index contributed by atoms with van der Waals surface area (Å²) in [5, 5.41) is 7.01. The first kappa shape index (κ1) is 37.2. The molecule has 52 heavy (non-hydrogen) atoms. The van der Waals surface area contributed by atoms with E-state index in [9.17, 15) is 27.6 Å². The van der Waals surface area contributed by atoms with Gasteiger partial charge < -0.3 is 29.9 Å². The average Bonchev–Trinajstić information content (AvgIpc) is 3.98. The second-order valence-corrected chi connectivity index (χ2v) is 13.7. The predicted molar refractivity (Wildman–Crippen MR) is 190 cm³/mol. The van der Waals surface area contributed by atoms with Gasteiger partial charge in [-0.05, 0) is 79.5 Å². The molecule has 1 aliphatic carbocycles. The number of piperazine rings is 1. The monoisotopic (exact) mass is 738 g/mol. The smallest absolute Gasteiger partial charge is 0.317 e. The van der Waals surface area contributed by atoms with Gasteiger partial charge in [0.25, 0.3) is 5.91 Å². The Kier molecular flexibility index (Phi) is 12.1. The molecule has 9 nitrogen and oxygen atoms in total. The van der Waals surface area contributed by atoms with Gasteiger partial charge in [-0.15, -0.1) is 0 Å².